The third kappa shape index (κ3) is 3.39. The molecule has 1 amide bonds. The Morgan fingerprint density at radius 2 is 2.20 bits per heavy atom. The fourth-order valence-corrected chi connectivity index (χ4v) is 1.77. The van der Waals surface area contributed by atoms with Gasteiger partial charge in [0.25, 0.3) is 5.91 Å². The molecule has 5 nitrogen and oxygen atoms in total. The molecule has 20 heavy (non-hydrogen) atoms. The molecule has 0 aliphatic rings. The van der Waals surface area contributed by atoms with Crippen LogP contribution < -0.4 is 15.8 Å². The molecule has 6 heteroatoms. The van der Waals surface area contributed by atoms with Gasteiger partial charge in [0.1, 0.15) is 5.75 Å². The molecule has 1 aromatic carbocycles. The van der Waals surface area contributed by atoms with Crippen molar-refractivity contribution in [1.82, 2.24) is 10.3 Å². The zero-order valence-electron chi connectivity index (χ0n) is 10.9. The van der Waals surface area contributed by atoms with Crippen LogP contribution in [0.25, 0.3) is 0 Å². The summed E-state index contributed by atoms with van der Waals surface area (Å²) in [4.78, 5) is 15.7. The van der Waals surface area contributed by atoms with E-state index in [-0.39, 0.29) is 5.91 Å². The van der Waals surface area contributed by atoms with Crippen LogP contribution in [0.5, 0.6) is 11.5 Å². The van der Waals surface area contributed by atoms with Crippen LogP contribution in [-0.4, -0.2) is 17.4 Å². The van der Waals surface area contributed by atoms with Gasteiger partial charge in [-0.1, -0.05) is 11.6 Å². The van der Waals surface area contributed by atoms with Gasteiger partial charge < -0.3 is 15.8 Å². The van der Waals surface area contributed by atoms with Crippen molar-refractivity contribution in [3.05, 3.63) is 47.2 Å². The Bertz CT molecular complexity index is 632. The van der Waals surface area contributed by atoms with E-state index < -0.39 is 0 Å². The summed E-state index contributed by atoms with van der Waals surface area (Å²) in [6.45, 7) is 2.40. The van der Waals surface area contributed by atoms with Gasteiger partial charge in [-0.2, -0.15) is 0 Å². The molecule has 2 aromatic rings. The van der Waals surface area contributed by atoms with E-state index in [9.17, 15) is 4.79 Å². The number of nitrogens with two attached hydrogens (primary N) is 1. The summed E-state index contributed by atoms with van der Waals surface area (Å²) in [6.07, 6.45) is 3.02. The standard InChI is InChI=1S/C14H14ClN3O2/c1-2-18-14(19)9-3-4-12(16)13(5-9)20-11-6-10(15)7-17-8-11/h3-8H,2,16H2,1H3,(H,18,19). The SMILES string of the molecule is CCNC(=O)c1ccc(N)c(Oc2cncc(Cl)c2)c1. The van der Waals surface area contributed by atoms with Crippen LogP contribution in [0.4, 0.5) is 5.69 Å². The maximum atomic E-state index is 11.8. The number of nitrogens with zero attached hydrogens (tertiary/aromatic N) is 1. The Kier molecular flexibility index (Phi) is 4.42. The number of pyridine rings is 1. The molecule has 0 bridgehead atoms. The van der Waals surface area contributed by atoms with Gasteiger partial charge in [-0.25, -0.2) is 0 Å². The number of halogens is 1. The number of benzene rings is 1. The molecule has 0 atom stereocenters. The average molecular weight is 292 g/mol. The summed E-state index contributed by atoms with van der Waals surface area (Å²) in [7, 11) is 0. The van der Waals surface area contributed by atoms with Crippen LogP contribution in [0.1, 0.15) is 17.3 Å². The highest BCUT2D eigenvalue weighted by Gasteiger charge is 2.09. The van der Waals surface area contributed by atoms with E-state index in [0.29, 0.717) is 34.3 Å². The summed E-state index contributed by atoms with van der Waals surface area (Å²) in [5.41, 5.74) is 6.75. The Morgan fingerprint density at radius 1 is 1.40 bits per heavy atom. The molecular formula is C14H14ClN3O2. The fraction of sp³-hybridized carbons (Fsp3) is 0.143. The predicted molar refractivity (Wildman–Crippen MR) is 78.2 cm³/mol. The number of anilines is 1. The van der Waals surface area contributed by atoms with Gasteiger partial charge in [-0.3, -0.25) is 9.78 Å². The number of amides is 1. The van der Waals surface area contributed by atoms with Gasteiger partial charge in [0, 0.05) is 24.4 Å². The lowest BCUT2D eigenvalue weighted by molar-refractivity contribution is 0.0955. The second-order valence-corrected chi connectivity index (χ2v) is 4.49. The van der Waals surface area contributed by atoms with Crippen molar-refractivity contribution in [1.29, 1.82) is 0 Å². The van der Waals surface area contributed by atoms with Gasteiger partial charge in [-0.05, 0) is 25.1 Å². The first kappa shape index (κ1) is 14.1. The smallest absolute Gasteiger partial charge is 0.251 e. The highest BCUT2D eigenvalue weighted by Crippen LogP contribution is 2.29. The number of carbonyl (C=O) groups is 1. The minimum Gasteiger partial charge on any atom is -0.454 e. The number of ether oxygens (including phenoxy) is 1. The quantitative estimate of drug-likeness (QED) is 0.849. The minimum atomic E-state index is -0.179. The summed E-state index contributed by atoms with van der Waals surface area (Å²) in [5, 5.41) is 3.17. The highest BCUT2D eigenvalue weighted by atomic mass is 35.5. The molecule has 3 N–H and O–H groups in total. The zero-order valence-corrected chi connectivity index (χ0v) is 11.6. The van der Waals surface area contributed by atoms with Gasteiger partial charge in [0.15, 0.2) is 5.75 Å². The maximum Gasteiger partial charge on any atom is 0.251 e. The molecule has 0 aliphatic carbocycles. The van der Waals surface area contributed by atoms with E-state index >= 15 is 0 Å². The first-order chi connectivity index (χ1) is 9.60. The van der Waals surface area contributed by atoms with Gasteiger partial charge in [0.05, 0.1) is 16.9 Å². The monoisotopic (exact) mass is 291 g/mol. The Labute approximate surface area is 121 Å². The van der Waals surface area contributed by atoms with Gasteiger partial charge in [0.2, 0.25) is 0 Å². The molecule has 104 valence electrons. The second-order valence-electron chi connectivity index (χ2n) is 4.05. The molecule has 1 aromatic heterocycles. The molecule has 0 fully saturated rings. The number of rotatable bonds is 4. The predicted octanol–water partition coefficient (Wildman–Crippen LogP) is 2.86. The van der Waals surface area contributed by atoms with Crippen LogP contribution in [0, 0.1) is 0 Å². The third-order valence-electron chi connectivity index (χ3n) is 2.52. The number of hydrogen-bond acceptors (Lipinski definition) is 4. The lowest BCUT2D eigenvalue weighted by Gasteiger charge is -2.10. The van der Waals surface area contributed by atoms with Gasteiger partial charge in [-0.15, -0.1) is 0 Å². The summed E-state index contributed by atoms with van der Waals surface area (Å²) < 4.78 is 5.61. The van der Waals surface area contributed by atoms with Crippen LogP contribution >= 0.6 is 11.6 Å². The molecule has 0 unspecified atom stereocenters. The Morgan fingerprint density at radius 3 is 2.90 bits per heavy atom. The molecule has 0 radical (unpaired) electrons. The number of nitrogen functional groups attached to an aromatic ring is 1. The molecule has 1 heterocycles. The van der Waals surface area contributed by atoms with E-state index in [2.05, 4.69) is 10.3 Å². The van der Waals surface area contributed by atoms with Crippen LogP contribution in [0.3, 0.4) is 0 Å². The zero-order chi connectivity index (χ0) is 14.5. The normalized spacial score (nSPS) is 10.1. The molecule has 0 saturated heterocycles. The van der Waals surface area contributed by atoms with Crippen molar-refractivity contribution in [2.75, 3.05) is 12.3 Å². The van der Waals surface area contributed by atoms with Crippen molar-refractivity contribution in [2.24, 2.45) is 0 Å². The fourth-order valence-electron chi connectivity index (χ4n) is 1.60. The highest BCUT2D eigenvalue weighted by molar-refractivity contribution is 6.30. The van der Waals surface area contributed by atoms with Crippen molar-refractivity contribution >= 4 is 23.2 Å². The largest absolute Gasteiger partial charge is 0.454 e. The third-order valence-corrected chi connectivity index (χ3v) is 2.73. The van der Waals surface area contributed by atoms with Crippen LogP contribution in [-0.2, 0) is 0 Å². The first-order valence-corrected chi connectivity index (χ1v) is 6.44. The molecule has 0 aliphatic heterocycles. The lowest BCUT2D eigenvalue weighted by atomic mass is 10.2. The molecular weight excluding hydrogens is 278 g/mol. The van der Waals surface area contributed by atoms with E-state index in [1.54, 1.807) is 24.3 Å². The maximum absolute atomic E-state index is 11.8. The first-order valence-electron chi connectivity index (χ1n) is 6.06. The van der Waals surface area contributed by atoms with E-state index in [4.69, 9.17) is 22.1 Å². The van der Waals surface area contributed by atoms with E-state index in [1.165, 1.54) is 12.4 Å². The Hall–Kier alpha value is -2.27. The number of nitrogens with one attached hydrogen (secondary N) is 1. The molecule has 0 spiro atoms. The van der Waals surface area contributed by atoms with Gasteiger partial charge >= 0.3 is 0 Å². The summed E-state index contributed by atoms with van der Waals surface area (Å²) >= 11 is 5.84. The van der Waals surface area contributed by atoms with Crippen LogP contribution in [0.2, 0.25) is 5.02 Å². The number of aromatic nitrogens is 1. The lowest BCUT2D eigenvalue weighted by Crippen LogP contribution is -2.22. The average Bonchev–Trinajstić information content (AvgIpc) is 2.41. The topological polar surface area (TPSA) is 77.2 Å². The molecule has 0 saturated carbocycles. The minimum absolute atomic E-state index is 0.179. The van der Waals surface area contributed by atoms with Crippen molar-refractivity contribution in [3.8, 4) is 11.5 Å². The summed E-state index contributed by atoms with van der Waals surface area (Å²) in [5.74, 6) is 0.664. The van der Waals surface area contributed by atoms with Crippen molar-refractivity contribution < 1.29 is 9.53 Å². The number of hydrogen-bond donors (Lipinski definition) is 2. The number of carbonyl (C=O) groups excluding carboxylic acids is 1. The van der Waals surface area contributed by atoms with Crippen LogP contribution in [0.15, 0.2) is 36.7 Å². The summed E-state index contributed by atoms with van der Waals surface area (Å²) in [6, 6.07) is 6.47. The van der Waals surface area contributed by atoms with Crippen molar-refractivity contribution in [2.45, 2.75) is 6.92 Å². The second kappa shape index (κ2) is 6.25. The van der Waals surface area contributed by atoms with E-state index in [0.717, 1.165) is 0 Å². The van der Waals surface area contributed by atoms with E-state index in [1.807, 2.05) is 6.92 Å². The molecule has 2 rings (SSSR count). The van der Waals surface area contributed by atoms with Crippen molar-refractivity contribution in [3.63, 3.8) is 0 Å². The Balaban J connectivity index is 2.27.